The second-order valence-electron chi connectivity index (χ2n) is 6.61. The summed E-state index contributed by atoms with van der Waals surface area (Å²) in [4.78, 5) is 2.77. The van der Waals surface area contributed by atoms with Crippen LogP contribution in [-0.4, -0.2) is 36.6 Å². The minimum absolute atomic E-state index is 0.662. The normalized spacial score (nSPS) is 22.1. The van der Waals surface area contributed by atoms with Gasteiger partial charge in [-0.05, 0) is 52.2 Å². The summed E-state index contributed by atoms with van der Waals surface area (Å²) in [5, 5.41) is 3.71. The summed E-state index contributed by atoms with van der Waals surface area (Å²) in [7, 11) is 0. The van der Waals surface area contributed by atoms with Gasteiger partial charge in [0.15, 0.2) is 0 Å². The Morgan fingerprint density at radius 2 is 1.75 bits per heavy atom. The van der Waals surface area contributed by atoms with Gasteiger partial charge in [0, 0.05) is 12.1 Å². The molecule has 0 aromatic heterocycles. The zero-order chi connectivity index (χ0) is 14.6. The van der Waals surface area contributed by atoms with Crippen LogP contribution in [0.4, 0.5) is 0 Å². The lowest BCUT2D eigenvalue weighted by Crippen LogP contribution is -2.51. The van der Waals surface area contributed by atoms with Crippen molar-refractivity contribution < 1.29 is 0 Å². The van der Waals surface area contributed by atoms with Crippen LogP contribution in [0.15, 0.2) is 0 Å². The van der Waals surface area contributed by atoms with Crippen molar-refractivity contribution in [1.29, 1.82) is 0 Å². The molecule has 1 aliphatic rings. The standard InChI is InChI=1S/C18H38N2/c1-4-6-7-8-9-11-15-20-16-12-10-13-18(20)17(3)19-14-5-2/h17-19H,4-16H2,1-3H3. The van der Waals surface area contributed by atoms with Gasteiger partial charge in [-0.15, -0.1) is 0 Å². The number of nitrogens with one attached hydrogen (secondary N) is 1. The van der Waals surface area contributed by atoms with Crippen LogP contribution < -0.4 is 5.32 Å². The Kier molecular flexibility index (Phi) is 10.4. The summed E-state index contributed by atoms with van der Waals surface area (Å²) in [6.45, 7) is 10.8. The molecule has 20 heavy (non-hydrogen) atoms. The lowest BCUT2D eigenvalue weighted by atomic mass is 9.96. The average molecular weight is 283 g/mol. The van der Waals surface area contributed by atoms with E-state index in [1.54, 1.807) is 0 Å². The molecule has 120 valence electrons. The van der Waals surface area contributed by atoms with E-state index in [4.69, 9.17) is 0 Å². The Hall–Kier alpha value is -0.0800. The molecule has 1 aliphatic heterocycles. The highest BCUT2D eigenvalue weighted by molar-refractivity contribution is 4.84. The average Bonchev–Trinajstić information content (AvgIpc) is 2.48. The maximum absolute atomic E-state index is 3.71. The van der Waals surface area contributed by atoms with E-state index in [-0.39, 0.29) is 0 Å². The highest BCUT2D eigenvalue weighted by atomic mass is 15.2. The van der Waals surface area contributed by atoms with Gasteiger partial charge in [0.25, 0.3) is 0 Å². The predicted octanol–water partition coefficient (Wildman–Crippen LogP) is 4.59. The molecule has 0 aromatic rings. The number of likely N-dealkylation sites (tertiary alicyclic amines) is 1. The van der Waals surface area contributed by atoms with Crippen molar-refractivity contribution in [2.75, 3.05) is 19.6 Å². The van der Waals surface area contributed by atoms with E-state index in [1.807, 2.05) is 0 Å². The first-order valence-electron chi connectivity index (χ1n) is 9.27. The summed E-state index contributed by atoms with van der Waals surface area (Å²) >= 11 is 0. The van der Waals surface area contributed by atoms with Crippen LogP contribution in [-0.2, 0) is 0 Å². The predicted molar refractivity (Wildman–Crippen MR) is 90.3 cm³/mol. The van der Waals surface area contributed by atoms with Gasteiger partial charge in [0.05, 0.1) is 0 Å². The zero-order valence-corrected chi connectivity index (χ0v) is 14.3. The lowest BCUT2D eigenvalue weighted by molar-refractivity contribution is 0.117. The molecule has 0 aromatic carbocycles. The molecule has 2 unspecified atom stereocenters. The van der Waals surface area contributed by atoms with E-state index in [0.717, 1.165) is 6.04 Å². The summed E-state index contributed by atoms with van der Waals surface area (Å²) in [5.74, 6) is 0. The first kappa shape index (κ1) is 18.0. The third kappa shape index (κ3) is 7.08. The van der Waals surface area contributed by atoms with Gasteiger partial charge in [0.2, 0.25) is 0 Å². The van der Waals surface area contributed by atoms with Crippen LogP contribution in [0.3, 0.4) is 0 Å². The molecule has 2 nitrogen and oxygen atoms in total. The number of hydrogen-bond donors (Lipinski definition) is 1. The van der Waals surface area contributed by atoms with E-state index >= 15 is 0 Å². The third-order valence-corrected chi connectivity index (χ3v) is 4.76. The fourth-order valence-electron chi connectivity index (χ4n) is 3.46. The van der Waals surface area contributed by atoms with Crippen LogP contribution in [0.25, 0.3) is 0 Å². The largest absolute Gasteiger partial charge is 0.313 e. The Labute approximate surface area is 127 Å². The second kappa shape index (κ2) is 11.6. The quantitative estimate of drug-likeness (QED) is 0.558. The van der Waals surface area contributed by atoms with Crippen molar-refractivity contribution in [2.24, 2.45) is 0 Å². The number of piperidine rings is 1. The van der Waals surface area contributed by atoms with Gasteiger partial charge < -0.3 is 5.32 Å². The molecule has 0 saturated carbocycles. The van der Waals surface area contributed by atoms with E-state index in [2.05, 4.69) is 31.0 Å². The van der Waals surface area contributed by atoms with Crippen molar-refractivity contribution in [2.45, 2.75) is 97.1 Å². The van der Waals surface area contributed by atoms with E-state index in [0.29, 0.717) is 6.04 Å². The van der Waals surface area contributed by atoms with E-state index in [1.165, 1.54) is 83.8 Å². The van der Waals surface area contributed by atoms with Gasteiger partial charge in [0.1, 0.15) is 0 Å². The molecular formula is C18H38N2. The Balaban J connectivity index is 2.22. The SMILES string of the molecule is CCCCCCCCN1CCCCC1C(C)NCCC. The molecule has 2 atom stereocenters. The van der Waals surface area contributed by atoms with Crippen LogP contribution in [0.2, 0.25) is 0 Å². The maximum Gasteiger partial charge on any atom is 0.0246 e. The molecule has 1 rings (SSSR count). The molecule has 0 spiro atoms. The third-order valence-electron chi connectivity index (χ3n) is 4.76. The molecule has 1 heterocycles. The number of nitrogens with zero attached hydrogens (tertiary/aromatic N) is 1. The molecule has 0 amide bonds. The fraction of sp³-hybridized carbons (Fsp3) is 1.00. The second-order valence-corrected chi connectivity index (χ2v) is 6.61. The number of rotatable bonds is 11. The van der Waals surface area contributed by atoms with Crippen molar-refractivity contribution in [1.82, 2.24) is 10.2 Å². The summed E-state index contributed by atoms with van der Waals surface area (Å²) in [6, 6.07) is 1.45. The van der Waals surface area contributed by atoms with Crippen LogP contribution in [0, 0.1) is 0 Å². The summed E-state index contributed by atoms with van der Waals surface area (Å²) in [5.41, 5.74) is 0. The van der Waals surface area contributed by atoms with Crippen LogP contribution in [0.1, 0.15) is 85.0 Å². The molecule has 0 bridgehead atoms. The molecular weight excluding hydrogens is 244 g/mol. The molecule has 1 saturated heterocycles. The Morgan fingerprint density at radius 1 is 1.00 bits per heavy atom. The van der Waals surface area contributed by atoms with E-state index in [9.17, 15) is 0 Å². The first-order chi connectivity index (χ1) is 9.79. The molecule has 0 aliphatic carbocycles. The van der Waals surface area contributed by atoms with Crippen molar-refractivity contribution in [3.05, 3.63) is 0 Å². The van der Waals surface area contributed by atoms with Crippen molar-refractivity contribution in [3.63, 3.8) is 0 Å². The van der Waals surface area contributed by atoms with Gasteiger partial charge in [-0.2, -0.15) is 0 Å². The minimum atomic E-state index is 0.662. The highest BCUT2D eigenvalue weighted by Gasteiger charge is 2.26. The van der Waals surface area contributed by atoms with Gasteiger partial charge in [-0.3, -0.25) is 4.90 Å². The van der Waals surface area contributed by atoms with Crippen LogP contribution >= 0.6 is 0 Å². The zero-order valence-electron chi connectivity index (χ0n) is 14.3. The first-order valence-corrected chi connectivity index (χ1v) is 9.27. The lowest BCUT2D eigenvalue weighted by Gasteiger charge is -2.39. The summed E-state index contributed by atoms with van der Waals surface area (Å²) < 4.78 is 0. The molecule has 2 heteroatoms. The monoisotopic (exact) mass is 282 g/mol. The number of hydrogen-bond acceptors (Lipinski definition) is 2. The Bertz CT molecular complexity index is 217. The van der Waals surface area contributed by atoms with Gasteiger partial charge >= 0.3 is 0 Å². The Morgan fingerprint density at radius 3 is 2.50 bits per heavy atom. The summed E-state index contributed by atoms with van der Waals surface area (Å²) in [6.07, 6.45) is 14.0. The van der Waals surface area contributed by atoms with Crippen molar-refractivity contribution in [3.8, 4) is 0 Å². The number of unbranched alkanes of at least 4 members (excludes halogenated alkanes) is 5. The van der Waals surface area contributed by atoms with Crippen molar-refractivity contribution >= 4 is 0 Å². The minimum Gasteiger partial charge on any atom is -0.313 e. The fourth-order valence-corrected chi connectivity index (χ4v) is 3.46. The van der Waals surface area contributed by atoms with E-state index < -0.39 is 0 Å². The molecule has 1 fully saturated rings. The smallest absolute Gasteiger partial charge is 0.0246 e. The molecule has 0 radical (unpaired) electrons. The van der Waals surface area contributed by atoms with Gasteiger partial charge in [-0.25, -0.2) is 0 Å². The topological polar surface area (TPSA) is 15.3 Å². The maximum atomic E-state index is 3.71. The van der Waals surface area contributed by atoms with Gasteiger partial charge in [-0.1, -0.05) is 52.4 Å². The highest BCUT2D eigenvalue weighted by Crippen LogP contribution is 2.20. The molecule has 1 N–H and O–H groups in total. The van der Waals surface area contributed by atoms with Crippen LogP contribution in [0.5, 0.6) is 0 Å².